The van der Waals surface area contributed by atoms with Crippen molar-refractivity contribution in [1.29, 1.82) is 0 Å². The first-order valence-corrected chi connectivity index (χ1v) is 6.22. The highest BCUT2D eigenvalue weighted by atomic mass is 16.5. The zero-order valence-corrected chi connectivity index (χ0v) is 11.9. The molecule has 0 unspecified atom stereocenters. The monoisotopic (exact) mass is 253 g/mol. The molecular weight excluding hydrogens is 230 g/mol. The van der Waals surface area contributed by atoms with E-state index < -0.39 is 0 Å². The van der Waals surface area contributed by atoms with E-state index in [2.05, 4.69) is 36.1 Å². The lowest BCUT2D eigenvalue weighted by atomic mass is 9.96. The van der Waals surface area contributed by atoms with Crippen molar-refractivity contribution < 1.29 is 9.47 Å². The third-order valence-corrected chi connectivity index (χ3v) is 2.27. The van der Waals surface area contributed by atoms with Crippen molar-refractivity contribution in [2.45, 2.75) is 33.1 Å². The Hall–Kier alpha value is -1.36. The number of ether oxygens (including phenoxy) is 2. The van der Waals surface area contributed by atoms with Crippen LogP contribution in [0.25, 0.3) is 0 Å². The van der Waals surface area contributed by atoms with E-state index >= 15 is 0 Å². The van der Waals surface area contributed by atoms with Gasteiger partial charge in [0.15, 0.2) is 0 Å². The second-order valence-corrected chi connectivity index (χ2v) is 5.04. The van der Waals surface area contributed by atoms with Crippen LogP contribution in [0.5, 0.6) is 5.88 Å². The predicted molar refractivity (Wildman–Crippen MR) is 72.3 cm³/mol. The maximum atomic E-state index is 5.55. The van der Waals surface area contributed by atoms with E-state index in [4.69, 9.17) is 9.47 Å². The normalized spacial score (nSPS) is 11.4. The van der Waals surface area contributed by atoms with Crippen molar-refractivity contribution in [1.82, 2.24) is 9.97 Å². The van der Waals surface area contributed by atoms with Crippen molar-refractivity contribution in [2.75, 3.05) is 32.2 Å². The minimum absolute atomic E-state index is 0.106. The average molecular weight is 253 g/mol. The summed E-state index contributed by atoms with van der Waals surface area (Å²) in [6.07, 6.45) is 0. The van der Waals surface area contributed by atoms with E-state index in [9.17, 15) is 0 Å². The number of nitrogens with zero attached hydrogens (tertiary/aromatic N) is 2. The van der Waals surface area contributed by atoms with Gasteiger partial charge in [0.2, 0.25) is 5.88 Å². The Balaban J connectivity index is 2.91. The quantitative estimate of drug-likeness (QED) is 0.788. The molecule has 1 aromatic rings. The van der Waals surface area contributed by atoms with Gasteiger partial charge < -0.3 is 14.8 Å². The molecule has 18 heavy (non-hydrogen) atoms. The Bertz CT molecular complexity index is 375. The summed E-state index contributed by atoms with van der Waals surface area (Å²) in [7, 11) is 1.65. The van der Waals surface area contributed by atoms with Gasteiger partial charge in [0.1, 0.15) is 18.2 Å². The molecule has 0 aliphatic heterocycles. The second-order valence-electron chi connectivity index (χ2n) is 5.04. The minimum atomic E-state index is -0.106. The van der Waals surface area contributed by atoms with Gasteiger partial charge in [-0.25, -0.2) is 4.98 Å². The molecule has 0 spiro atoms. The predicted octanol–water partition coefficient (Wildman–Crippen LogP) is 2.23. The van der Waals surface area contributed by atoms with Gasteiger partial charge in [0.25, 0.3) is 0 Å². The van der Waals surface area contributed by atoms with Crippen LogP contribution in [0, 0.1) is 0 Å². The number of hydrogen-bond acceptors (Lipinski definition) is 5. The van der Waals surface area contributed by atoms with E-state index in [1.807, 2.05) is 13.0 Å². The molecule has 1 heterocycles. The number of anilines is 1. The van der Waals surface area contributed by atoms with Gasteiger partial charge in [-0.3, -0.25) is 0 Å². The molecule has 5 nitrogen and oxygen atoms in total. The van der Waals surface area contributed by atoms with Crippen molar-refractivity contribution >= 4 is 5.82 Å². The summed E-state index contributed by atoms with van der Waals surface area (Å²) in [4.78, 5) is 8.92. The highest BCUT2D eigenvalue weighted by Gasteiger charge is 2.19. The molecule has 1 N–H and O–H groups in total. The third-order valence-electron chi connectivity index (χ3n) is 2.27. The lowest BCUT2D eigenvalue weighted by molar-refractivity contribution is 0.143. The Morgan fingerprint density at radius 3 is 2.50 bits per heavy atom. The number of methoxy groups -OCH3 is 1. The fourth-order valence-electron chi connectivity index (χ4n) is 1.34. The van der Waals surface area contributed by atoms with E-state index in [0.29, 0.717) is 19.1 Å². The van der Waals surface area contributed by atoms with E-state index in [0.717, 1.165) is 18.2 Å². The van der Waals surface area contributed by atoms with Crippen molar-refractivity contribution in [2.24, 2.45) is 0 Å². The molecule has 0 radical (unpaired) electrons. The van der Waals surface area contributed by atoms with Gasteiger partial charge in [-0.1, -0.05) is 20.8 Å². The Morgan fingerprint density at radius 1 is 1.22 bits per heavy atom. The molecule has 0 bridgehead atoms. The largest absolute Gasteiger partial charge is 0.475 e. The first kappa shape index (κ1) is 14.7. The summed E-state index contributed by atoms with van der Waals surface area (Å²) in [5, 5.41) is 3.19. The Labute approximate surface area is 109 Å². The van der Waals surface area contributed by atoms with E-state index in [1.165, 1.54) is 0 Å². The first-order chi connectivity index (χ1) is 8.47. The second kappa shape index (κ2) is 6.54. The topological polar surface area (TPSA) is 56.3 Å². The smallest absolute Gasteiger partial charge is 0.218 e. The van der Waals surface area contributed by atoms with Crippen LogP contribution in [0.3, 0.4) is 0 Å². The first-order valence-electron chi connectivity index (χ1n) is 6.22. The van der Waals surface area contributed by atoms with Gasteiger partial charge in [0.05, 0.1) is 6.61 Å². The fraction of sp³-hybridized carbons (Fsp3) is 0.692. The molecule has 0 fully saturated rings. The highest BCUT2D eigenvalue weighted by Crippen LogP contribution is 2.23. The summed E-state index contributed by atoms with van der Waals surface area (Å²) in [5.74, 6) is 2.15. The molecule has 0 aromatic carbocycles. The number of nitrogens with one attached hydrogen (secondary N) is 1. The molecule has 0 atom stereocenters. The lowest BCUT2D eigenvalue weighted by Crippen LogP contribution is -2.18. The molecule has 0 saturated carbocycles. The molecular formula is C13H23N3O2. The van der Waals surface area contributed by atoms with Crippen LogP contribution in [-0.4, -0.2) is 36.8 Å². The van der Waals surface area contributed by atoms with Crippen molar-refractivity contribution in [3.63, 3.8) is 0 Å². The van der Waals surface area contributed by atoms with Crippen LogP contribution < -0.4 is 10.1 Å². The third kappa shape index (κ3) is 4.49. The van der Waals surface area contributed by atoms with Crippen LogP contribution in [0.1, 0.15) is 33.5 Å². The van der Waals surface area contributed by atoms with Gasteiger partial charge in [0, 0.05) is 25.1 Å². The van der Waals surface area contributed by atoms with Gasteiger partial charge in [-0.15, -0.1) is 0 Å². The molecule has 0 aliphatic carbocycles. The van der Waals surface area contributed by atoms with E-state index in [-0.39, 0.29) is 5.41 Å². The van der Waals surface area contributed by atoms with Crippen molar-refractivity contribution in [3.05, 3.63) is 11.9 Å². The molecule has 102 valence electrons. The van der Waals surface area contributed by atoms with Gasteiger partial charge in [-0.05, 0) is 6.92 Å². The summed E-state index contributed by atoms with van der Waals surface area (Å²) >= 11 is 0. The summed E-state index contributed by atoms with van der Waals surface area (Å²) in [5.41, 5.74) is -0.106. The molecule has 0 amide bonds. The Kier molecular flexibility index (Phi) is 5.34. The number of rotatable bonds is 6. The highest BCUT2D eigenvalue weighted by molar-refractivity contribution is 5.39. The fourth-order valence-corrected chi connectivity index (χ4v) is 1.34. The van der Waals surface area contributed by atoms with Crippen LogP contribution in [0.2, 0.25) is 0 Å². The molecule has 0 aliphatic rings. The van der Waals surface area contributed by atoms with Crippen LogP contribution >= 0.6 is 0 Å². The zero-order chi connectivity index (χ0) is 13.6. The molecule has 1 rings (SSSR count). The molecule has 1 aromatic heterocycles. The number of aromatic nitrogens is 2. The van der Waals surface area contributed by atoms with Crippen LogP contribution in [0.15, 0.2) is 6.07 Å². The maximum Gasteiger partial charge on any atom is 0.218 e. The van der Waals surface area contributed by atoms with Crippen LogP contribution in [0.4, 0.5) is 5.82 Å². The van der Waals surface area contributed by atoms with Crippen LogP contribution in [-0.2, 0) is 10.2 Å². The SMILES string of the molecule is CCNc1cc(OCCOC)nc(C(C)(C)C)n1. The average Bonchev–Trinajstić information content (AvgIpc) is 2.28. The summed E-state index contributed by atoms with van der Waals surface area (Å²) < 4.78 is 10.5. The number of hydrogen-bond donors (Lipinski definition) is 1. The zero-order valence-electron chi connectivity index (χ0n) is 11.9. The summed E-state index contributed by atoms with van der Waals surface area (Å²) in [6.45, 7) is 10.1. The lowest BCUT2D eigenvalue weighted by Gasteiger charge is -2.18. The maximum absolute atomic E-state index is 5.55. The standard InChI is InChI=1S/C13H23N3O2/c1-6-14-10-9-11(18-8-7-17-5)16-12(15-10)13(2,3)4/h9H,6-8H2,1-5H3,(H,14,15,16). The summed E-state index contributed by atoms with van der Waals surface area (Å²) in [6, 6.07) is 1.81. The minimum Gasteiger partial charge on any atom is -0.475 e. The Morgan fingerprint density at radius 2 is 1.94 bits per heavy atom. The van der Waals surface area contributed by atoms with E-state index in [1.54, 1.807) is 7.11 Å². The van der Waals surface area contributed by atoms with Gasteiger partial charge >= 0.3 is 0 Å². The molecule has 5 heteroatoms. The van der Waals surface area contributed by atoms with Crippen molar-refractivity contribution in [3.8, 4) is 5.88 Å². The molecule has 0 saturated heterocycles. The van der Waals surface area contributed by atoms with Gasteiger partial charge in [-0.2, -0.15) is 4.98 Å².